The molecule has 2 aliphatic rings. The van der Waals surface area contributed by atoms with E-state index < -0.39 is 17.3 Å². The summed E-state index contributed by atoms with van der Waals surface area (Å²) in [6.45, 7) is 2.49. The number of aromatic nitrogens is 4. The van der Waals surface area contributed by atoms with Crippen LogP contribution in [0.2, 0.25) is 0 Å². The lowest BCUT2D eigenvalue weighted by Crippen LogP contribution is -2.47. The van der Waals surface area contributed by atoms with E-state index in [0.29, 0.717) is 53.3 Å². The second kappa shape index (κ2) is 12.5. The second-order valence-electron chi connectivity index (χ2n) is 12.7. The van der Waals surface area contributed by atoms with Crippen LogP contribution in [-0.2, 0) is 11.0 Å². The minimum atomic E-state index is -4.69. The number of alkyl halides is 3. The van der Waals surface area contributed by atoms with Gasteiger partial charge in [0.1, 0.15) is 0 Å². The number of amides is 1. The molecule has 2 fully saturated rings. The van der Waals surface area contributed by atoms with Crippen LogP contribution in [0.15, 0.2) is 71.9 Å². The fraction of sp³-hybridized carbons (Fsp3) is 0.343. The fourth-order valence-electron chi connectivity index (χ4n) is 6.85. The number of rotatable bonds is 5. The molecule has 2 aliphatic heterocycles. The SMILES string of the molecule is CN1CCC(NC(=O)C2CCN(c3ccc(-n4c(=O)ccc5cnc6ccc(-c7cnc(N)nc7)cc6c54)cc3C(F)(F)F)CC2)CC1. The Kier molecular flexibility index (Phi) is 8.24. The first kappa shape index (κ1) is 31.6. The van der Waals surface area contributed by atoms with E-state index in [1.165, 1.54) is 16.7 Å². The van der Waals surface area contributed by atoms with Gasteiger partial charge in [-0.25, -0.2) is 9.97 Å². The average molecular weight is 657 g/mol. The van der Waals surface area contributed by atoms with Gasteiger partial charge in [-0.3, -0.25) is 19.1 Å². The molecule has 0 unspecified atom stereocenters. The molecule has 0 bridgehead atoms. The number of piperidine rings is 2. The normalized spacial score (nSPS) is 16.9. The largest absolute Gasteiger partial charge is 0.418 e. The maximum absolute atomic E-state index is 14.7. The zero-order valence-corrected chi connectivity index (χ0v) is 26.4. The van der Waals surface area contributed by atoms with Crippen LogP contribution in [-0.4, -0.2) is 69.6 Å². The highest BCUT2D eigenvalue weighted by Crippen LogP contribution is 2.40. The Morgan fingerprint density at radius 3 is 2.31 bits per heavy atom. The molecule has 2 saturated heterocycles. The summed E-state index contributed by atoms with van der Waals surface area (Å²) < 4.78 is 45.5. The van der Waals surface area contributed by atoms with Crippen LogP contribution in [0.25, 0.3) is 38.6 Å². The van der Waals surface area contributed by atoms with Crippen LogP contribution in [0.1, 0.15) is 31.2 Å². The topological polar surface area (TPSA) is 122 Å². The minimum absolute atomic E-state index is 0.0141. The molecule has 2 aromatic carbocycles. The van der Waals surface area contributed by atoms with Crippen molar-refractivity contribution >= 4 is 39.3 Å². The van der Waals surface area contributed by atoms with Crippen molar-refractivity contribution in [3.05, 3.63) is 83.0 Å². The molecule has 5 aromatic rings. The molecule has 248 valence electrons. The maximum atomic E-state index is 14.7. The Hall–Kier alpha value is -5.04. The highest BCUT2D eigenvalue weighted by molar-refractivity contribution is 6.05. The first-order valence-corrected chi connectivity index (χ1v) is 16.0. The number of likely N-dealkylation sites (tertiary alicyclic amines) is 1. The highest BCUT2D eigenvalue weighted by Gasteiger charge is 2.37. The van der Waals surface area contributed by atoms with E-state index in [1.807, 2.05) is 12.1 Å². The molecular weight excluding hydrogens is 621 g/mol. The molecule has 13 heteroatoms. The number of benzene rings is 2. The Morgan fingerprint density at radius 1 is 0.875 bits per heavy atom. The van der Waals surface area contributed by atoms with E-state index in [1.54, 1.807) is 41.7 Å². The number of nitrogen functional groups attached to an aromatic ring is 1. The number of carbonyl (C=O) groups excluding carboxylic acids is 1. The lowest BCUT2D eigenvalue weighted by Gasteiger charge is -2.36. The standard InChI is InChI=1S/C35H35F3N8O2/c1-44-12-10-25(11-13-44)43-33(48)21-8-14-45(15-9-21)30-6-4-26(17-28(30)35(36,37)38)46-31(47)7-3-23-18-40-29-5-2-22(16-27(29)32(23)46)24-19-41-34(39)42-20-24/h2-7,16-21,25H,8-15H2,1H3,(H,43,48)(H2,39,41,42). The predicted molar refractivity (Wildman–Crippen MR) is 179 cm³/mol. The van der Waals surface area contributed by atoms with Gasteiger partial charge < -0.3 is 20.9 Å². The van der Waals surface area contributed by atoms with Crippen molar-refractivity contribution in [2.24, 2.45) is 5.92 Å². The summed E-state index contributed by atoms with van der Waals surface area (Å²) in [5.41, 5.74) is 6.87. The summed E-state index contributed by atoms with van der Waals surface area (Å²) in [6, 6.07) is 12.5. The number of hydrogen-bond acceptors (Lipinski definition) is 8. The Labute approximate surface area is 274 Å². The van der Waals surface area contributed by atoms with Crippen LogP contribution in [0.3, 0.4) is 0 Å². The number of nitrogens with one attached hydrogen (secondary N) is 1. The third-order valence-electron chi connectivity index (χ3n) is 9.54. The third-order valence-corrected chi connectivity index (χ3v) is 9.54. The van der Waals surface area contributed by atoms with Gasteiger partial charge in [0.2, 0.25) is 11.9 Å². The molecule has 1 amide bonds. The van der Waals surface area contributed by atoms with Gasteiger partial charge in [0.05, 0.1) is 22.3 Å². The molecule has 3 N–H and O–H groups in total. The smallest absolute Gasteiger partial charge is 0.371 e. The fourth-order valence-corrected chi connectivity index (χ4v) is 6.85. The first-order chi connectivity index (χ1) is 23.0. The molecule has 5 heterocycles. The van der Waals surface area contributed by atoms with Gasteiger partial charge in [0.15, 0.2) is 0 Å². The van der Waals surface area contributed by atoms with Crippen molar-refractivity contribution in [2.75, 3.05) is 43.9 Å². The number of nitrogens with two attached hydrogens (primary N) is 1. The Bertz CT molecular complexity index is 2050. The number of pyridine rings is 2. The molecular formula is C35H35F3N8O2. The van der Waals surface area contributed by atoms with E-state index in [-0.39, 0.29) is 35.2 Å². The predicted octanol–water partition coefficient (Wildman–Crippen LogP) is 5.02. The van der Waals surface area contributed by atoms with E-state index in [0.717, 1.165) is 37.6 Å². The molecule has 7 rings (SSSR count). The van der Waals surface area contributed by atoms with Crippen molar-refractivity contribution in [3.63, 3.8) is 0 Å². The summed E-state index contributed by atoms with van der Waals surface area (Å²) in [4.78, 5) is 43.0. The third kappa shape index (κ3) is 6.17. The lowest BCUT2D eigenvalue weighted by atomic mass is 9.94. The van der Waals surface area contributed by atoms with Gasteiger partial charge in [0.25, 0.3) is 5.56 Å². The minimum Gasteiger partial charge on any atom is -0.371 e. The van der Waals surface area contributed by atoms with E-state index in [4.69, 9.17) is 5.73 Å². The van der Waals surface area contributed by atoms with Gasteiger partial charge in [-0.15, -0.1) is 0 Å². The van der Waals surface area contributed by atoms with Crippen molar-refractivity contribution < 1.29 is 18.0 Å². The first-order valence-electron chi connectivity index (χ1n) is 16.0. The average Bonchev–Trinajstić information content (AvgIpc) is 3.09. The molecule has 10 nitrogen and oxygen atoms in total. The van der Waals surface area contributed by atoms with Crippen molar-refractivity contribution in [1.29, 1.82) is 0 Å². The second-order valence-corrected chi connectivity index (χ2v) is 12.7. The Morgan fingerprint density at radius 2 is 1.60 bits per heavy atom. The maximum Gasteiger partial charge on any atom is 0.418 e. The molecule has 0 atom stereocenters. The van der Waals surface area contributed by atoms with Gasteiger partial charge >= 0.3 is 6.18 Å². The quantitative estimate of drug-likeness (QED) is 0.253. The number of anilines is 2. The molecule has 0 radical (unpaired) electrons. The van der Waals surface area contributed by atoms with Gasteiger partial charge in [-0.1, -0.05) is 6.07 Å². The van der Waals surface area contributed by atoms with Crippen LogP contribution in [0, 0.1) is 5.92 Å². The zero-order valence-electron chi connectivity index (χ0n) is 26.4. The van der Waals surface area contributed by atoms with Gasteiger partial charge in [-0.2, -0.15) is 13.2 Å². The Balaban J connectivity index is 1.22. The summed E-state index contributed by atoms with van der Waals surface area (Å²) in [6.07, 6.45) is 2.78. The van der Waals surface area contributed by atoms with E-state index >= 15 is 0 Å². The molecule has 0 aliphatic carbocycles. The summed E-state index contributed by atoms with van der Waals surface area (Å²) in [7, 11) is 2.06. The van der Waals surface area contributed by atoms with Crippen LogP contribution in [0.4, 0.5) is 24.8 Å². The van der Waals surface area contributed by atoms with Crippen LogP contribution < -0.4 is 21.5 Å². The number of halogens is 3. The van der Waals surface area contributed by atoms with E-state index in [2.05, 4.69) is 32.2 Å². The van der Waals surface area contributed by atoms with Crippen LogP contribution in [0.5, 0.6) is 0 Å². The molecule has 48 heavy (non-hydrogen) atoms. The number of hydrogen-bond donors (Lipinski definition) is 2. The van der Waals surface area contributed by atoms with Gasteiger partial charge in [0, 0.05) is 71.7 Å². The van der Waals surface area contributed by atoms with Crippen molar-refractivity contribution in [3.8, 4) is 16.8 Å². The molecule has 3 aromatic heterocycles. The molecule has 0 spiro atoms. The van der Waals surface area contributed by atoms with Crippen molar-refractivity contribution in [2.45, 2.75) is 37.9 Å². The highest BCUT2D eigenvalue weighted by atomic mass is 19.4. The zero-order chi connectivity index (χ0) is 33.6. The number of fused-ring (bicyclic) bond motifs is 3. The number of carbonyl (C=O) groups is 1. The number of nitrogens with zero attached hydrogens (tertiary/aromatic N) is 6. The van der Waals surface area contributed by atoms with Crippen molar-refractivity contribution in [1.82, 2.24) is 29.7 Å². The van der Waals surface area contributed by atoms with E-state index in [9.17, 15) is 22.8 Å². The summed E-state index contributed by atoms with van der Waals surface area (Å²) in [5, 5.41) is 4.33. The summed E-state index contributed by atoms with van der Waals surface area (Å²) >= 11 is 0. The van der Waals surface area contributed by atoms with Crippen LogP contribution >= 0.6 is 0 Å². The van der Waals surface area contributed by atoms with Gasteiger partial charge in [-0.05, 0) is 87.8 Å². The monoisotopic (exact) mass is 656 g/mol. The lowest BCUT2D eigenvalue weighted by molar-refractivity contribution is -0.137. The summed E-state index contributed by atoms with van der Waals surface area (Å²) in [5.74, 6) is -0.127. The molecule has 0 saturated carbocycles.